The predicted molar refractivity (Wildman–Crippen MR) is 55.2 cm³/mol. The average Bonchev–Trinajstić information content (AvgIpc) is 2.25. The molecule has 1 aromatic rings. The van der Waals surface area contributed by atoms with Gasteiger partial charge in [-0.25, -0.2) is 4.39 Å². The lowest BCUT2D eigenvalue weighted by Gasteiger charge is -2.06. The van der Waals surface area contributed by atoms with E-state index in [4.69, 9.17) is 4.74 Å². The monoisotopic (exact) mass is 211 g/mol. The van der Waals surface area contributed by atoms with Crippen LogP contribution in [0.5, 0.6) is 5.75 Å². The van der Waals surface area contributed by atoms with E-state index in [1.807, 2.05) is 6.92 Å². The summed E-state index contributed by atoms with van der Waals surface area (Å²) in [7, 11) is 0. The van der Waals surface area contributed by atoms with Gasteiger partial charge in [0.15, 0.2) is 18.2 Å². The zero-order valence-electron chi connectivity index (χ0n) is 8.63. The first-order valence-corrected chi connectivity index (χ1v) is 4.88. The van der Waals surface area contributed by atoms with Crippen LogP contribution >= 0.6 is 0 Å². The van der Waals surface area contributed by atoms with E-state index in [1.54, 1.807) is 12.1 Å². The second-order valence-corrected chi connectivity index (χ2v) is 3.07. The van der Waals surface area contributed by atoms with E-state index in [-0.39, 0.29) is 18.3 Å². The first-order valence-electron chi connectivity index (χ1n) is 4.88. The lowest BCUT2D eigenvalue weighted by molar-refractivity contribution is -0.123. The summed E-state index contributed by atoms with van der Waals surface area (Å²) in [6, 6.07) is 6.00. The molecule has 82 valence electrons. The number of para-hydroxylation sites is 1. The number of hydrogen-bond donors (Lipinski definition) is 1. The molecule has 1 amide bonds. The summed E-state index contributed by atoms with van der Waals surface area (Å²) < 4.78 is 18.0. The van der Waals surface area contributed by atoms with Crippen molar-refractivity contribution in [3.8, 4) is 5.75 Å². The lowest BCUT2D eigenvalue weighted by Crippen LogP contribution is -2.29. The fourth-order valence-corrected chi connectivity index (χ4v) is 1.02. The van der Waals surface area contributed by atoms with E-state index in [1.165, 1.54) is 12.1 Å². The SMILES string of the molecule is CCCNC(=O)COc1ccccc1F. The van der Waals surface area contributed by atoms with Gasteiger partial charge in [-0.15, -0.1) is 0 Å². The van der Waals surface area contributed by atoms with E-state index >= 15 is 0 Å². The molecule has 0 aliphatic rings. The Balaban J connectivity index is 2.37. The van der Waals surface area contributed by atoms with Gasteiger partial charge in [0, 0.05) is 6.54 Å². The topological polar surface area (TPSA) is 38.3 Å². The maximum absolute atomic E-state index is 13.0. The molecule has 0 saturated heterocycles. The number of benzene rings is 1. The third kappa shape index (κ3) is 3.97. The van der Waals surface area contributed by atoms with Crippen molar-refractivity contribution >= 4 is 5.91 Å². The number of hydrogen-bond acceptors (Lipinski definition) is 2. The zero-order chi connectivity index (χ0) is 11.1. The van der Waals surface area contributed by atoms with Crippen LogP contribution in [-0.4, -0.2) is 19.1 Å². The highest BCUT2D eigenvalue weighted by Crippen LogP contribution is 2.14. The van der Waals surface area contributed by atoms with Gasteiger partial charge in [-0.05, 0) is 18.6 Å². The van der Waals surface area contributed by atoms with Crippen molar-refractivity contribution in [2.24, 2.45) is 0 Å². The van der Waals surface area contributed by atoms with Gasteiger partial charge in [-0.3, -0.25) is 4.79 Å². The quantitative estimate of drug-likeness (QED) is 0.805. The van der Waals surface area contributed by atoms with Crippen LogP contribution in [0.25, 0.3) is 0 Å². The minimum absolute atomic E-state index is 0.101. The summed E-state index contributed by atoms with van der Waals surface area (Å²) >= 11 is 0. The van der Waals surface area contributed by atoms with Crippen LogP contribution in [0, 0.1) is 5.82 Å². The molecule has 1 N–H and O–H groups in total. The van der Waals surface area contributed by atoms with E-state index < -0.39 is 5.82 Å². The van der Waals surface area contributed by atoms with Crippen molar-refractivity contribution in [2.45, 2.75) is 13.3 Å². The molecular formula is C11H14FNO2. The minimum atomic E-state index is -0.458. The van der Waals surface area contributed by atoms with Crippen LogP contribution in [0.2, 0.25) is 0 Å². The molecule has 1 aromatic carbocycles. The molecule has 0 aliphatic carbocycles. The summed E-state index contributed by atoms with van der Waals surface area (Å²) in [5.41, 5.74) is 0. The molecule has 0 aromatic heterocycles. The van der Waals surface area contributed by atoms with Crippen LogP contribution in [0.15, 0.2) is 24.3 Å². The Hall–Kier alpha value is -1.58. The summed E-state index contributed by atoms with van der Waals surface area (Å²) in [6.45, 7) is 2.42. The maximum atomic E-state index is 13.0. The second kappa shape index (κ2) is 6.01. The van der Waals surface area contributed by atoms with E-state index in [0.717, 1.165) is 6.42 Å². The molecule has 0 bridgehead atoms. The molecule has 0 saturated carbocycles. The van der Waals surface area contributed by atoms with Crippen LogP contribution < -0.4 is 10.1 Å². The summed E-state index contributed by atoms with van der Waals surface area (Å²) in [5, 5.41) is 2.64. The number of halogens is 1. The fourth-order valence-electron chi connectivity index (χ4n) is 1.02. The minimum Gasteiger partial charge on any atom is -0.481 e. The van der Waals surface area contributed by atoms with Gasteiger partial charge in [0.1, 0.15) is 0 Å². The van der Waals surface area contributed by atoms with Crippen molar-refractivity contribution in [1.29, 1.82) is 0 Å². The summed E-state index contributed by atoms with van der Waals surface area (Å²) in [5.74, 6) is -0.593. The smallest absolute Gasteiger partial charge is 0.257 e. The number of rotatable bonds is 5. The third-order valence-electron chi connectivity index (χ3n) is 1.77. The molecule has 1 rings (SSSR count). The molecule has 4 heteroatoms. The average molecular weight is 211 g/mol. The largest absolute Gasteiger partial charge is 0.481 e. The van der Waals surface area contributed by atoms with Gasteiger partial charge in [-0.1, -0.05) is 19.1 Å². The molecule has 0 radical (unpaired) electrons. The molecule has 0 fully saturated rings. The molecule has 3 nitrogen and oxygen atoms in total. The van der Waals surface area contributed by atoms with E-state index in [9.17, 15) is 9.18 Å². The second-order valence-electron chi connectivity index (χ2n) is 3.07. The summed E-state index contributed by atoms with van der Waals surface area (Å²) in [4.78, 5) is 11.1. The van der Waals surface area contributed by atoms with Crippen molar-refractivity contribution in [2.75, 3.05) is 13.2 Å². The van der Waals surface area contributed by atoms with E-state index in [0.29, 0.717) is 6.54 Å². The van der Waals surface area contributed by atoms with Gasteiger partial charge in [-0.2, -0.15) is 0 Å². The normalized spacial score (nSPS) is 9.73. The molecule has 0 spiro atoms. The van der Waals surface area contributed by atoms with E-state index in [2.05, 4.69) is 5.32 Å². The predicted octanol–water partition coefficient (Wildman–Crippen LogP) is 1.73. The van der Waals surface area contributed by atoms with Crippen LogP contribution in [-0.2, 0) is 4.79 Å². The maximum Gasteiger partial charge on any atom is 0.257 e. The first kappa shape index (κ1) is 11.5. The van der Waals surface area contributed by atoms with Crippen molar-refractivity contribution < 1.29 is 13.9 Å². The highest BCUT2D eigenvalue weighted by Gasteiger charge is 2.04. The van der Waals surface area contributed by atoms with Crippen LogP contribution in [0.1, 0.15) is 13.3 Å². The Morgan fingerprint density at radius 2 is 2.20 bits per heavy atom. The highest BCUT2D eigenvalue weighted by atomic mass is 19.1. The molecule has 0 aliphatic heterocycles. The number of carbonyl (C=O) groups excluding carboxylic acids is 1. The van der Waals surface area contributed by atoms with Crippen LogP contribution in [0.4, 0.5) is 4.39 Å². The molecular weight excluding hydrogens is 197 g/mol. The van der Waals surface area contributed by atoms with Crippen molar-refractivity contribution in [1.82, 2.24) is 5.32 Å². The number of ether oxygens (including phenoxy) is 1. The number of carbonyl (C=O) groups is 1. The number of amides is 1. The highest BCUT2D eigenvalue weighted by molar-refractivity contribution is 5.77. The van der Waals surface area contributed by atoms with Crippen molar-refractivity contribution in [3.63, 3.8) is 0 Å². The molecule has 0 atom stereocenters. The van der Waals surface area contributed by atoms with Crippen LogP contribution in [0.3, 0.4) is 0 Å². The standard InChI is InChI=1S/C11H14FNO2/c1-2-7-13-11(14)8-15-10-6-4-3-5-9(10)12/h3-6H,2,7-8H2,1H3,(H,13,14). The molecule has 0 unspecified atom stereocenters. The van der Waals surface area contributed by atoms with Gasteiger partial charge in [0.25, 0.3) is 5.91 Å². The zero-order valence-corrected chi connectivity index (χ0v) is 8.63. The molecule has 0 heterocycles. The third-order valence-corrected chi connectivity index (χ3v) is 1.77. The lowest BCUT2D eigenvalue weighted by atomic mass is 10.3. The fraction of sp³-hybridized carbons (Fsp3) is 0.364. The Bertz CT molecular complexity index is 328. The Morgan fingerprint density at radius 3 is 2.87 bits per heavy atom. The Kier molecular flexibility index (Phi) is 4.60. The van der Waals surface area contributed by atoms with Crippen molar-refractivity contribution in [3.05, 3.63) is 30.1 Å². The van der Waals surface area contributed by atoms with Gasteiger partial charge in [0.2, 0.25) is 0 Å². The number of nitrogens with one attached hydrogen (secondary N) is 1. The Morgan fingerprint density at radius 1 is 1.47 bits per heavy atom. The Labute approximate surface area is 88.2 Å². The van der Waals surface area contributed by atoms with Gasteiger partial charge in [0.05, 0.1) is 0 Å². The van der Waals surface area contributed by atoms with Gasteiger partial charge < -0.3 is 10.1 Å². The summed E-state index contributed by atoms with van der Waals surface area (Å²) in [6.07, 6.45) is 0.867. The molecule has 15 heavy (non-hydrogen) atoms. The van der Waals surface area contributed by atoms with Gasteiger partial charge >= 0.3 is 0 Å². The first-order chi connectivity index (χ1) is 7.24.